The molecular formula is C20H22O4. The number of allylic oxidation sites excluding steroid dienone is 2. The van der Waals surface area contributed by atoms with Gasteiger partial charge in [0, 0.05) is 17.5 Å². The molecule has 2 aromatic carbocycles. The summed E-state index contributed by atoms with van der Waals surface area (Å²) in [6.07, 6.45) is 5.54. The first kappa shape index (κ1) is 17.5. The van der Waals surface area contributed by atoms with Crippen molar-refractivity contribution in [3.63, 3.8) is 0 Å². The van der Waals surface area contributed by atoms with E-state index in [2.05, 4.69) is 0 Å². The normalized spacial score (nSPS) is 12.3. The average molecular weight is 326 g/mol. The van der Waals surface area contributed by atoms with Gasteiger partial charge in [-0.2, -0.15) is 0 Å². The molecule has 0 saturated carbocycles. The smallest absolute Gasteiger partial charge is 0.157 e. The molecule has 0 heterocycles. The van der Waals surface area contributed by atoms with Crippen LogP contribution in [0.3, 0.4) is 0 Å². The Morgan fingerprint density at radius 1 is 0.875 bits per heavy atom. The maximum Gasteiger partial charge on any atom is 0.157 e. The number of benzene rings is 2. The molecular weight excluding hydrogens is 304 g/mol. The Labute approximate surface area is 141 Å². The molecule has 4 N–H and O–H groups in total. The highest BCUT2D eigenvalue weighted by Crippen LogP contribution is 2.35. The molecule has 2 aromatic rings. The van der Waals surface area contributed by atoms with Gasteiger partial charge in [-0.15, -0.1) is 0 Å². The lowest BCUT2D eigenvalue weighted by molar-refractivity contribution is 0.403. The van der Waals surface area contributed by atoms with Gasteiger partial charge in [-0.3, -0.25) is 0 Å². The van der Waals surface area contributed by atoms with Crippen molar-refractivity contribution in [2.24, 2.45) is 0 Å². The maximum atomic E-state index is 10.2. The van der Waals surface area contributed by atoms with Crippen LogP contribution >= 0.6 is 0 Å². The van der Waals surface area contributed by atoms with Crippen molar-refractivity contribution < 1.29 is 20.4 Å². The zero-order valence-corrected chi connectivity index (χ0v) is 14.0. The third-order valence-corrected chi connectivity index (χ3v) is 3.67. The van der Waals surface area contributed by atoms with Crippen molar-refractivity contribution in [2.45, 2.75) is 26.7 Å². The van der Waals surface area contributed by atoms with E-state index in [-0.39, 0.29) is 28.9 Å². The molecule has 0 fully saturated rings. The molecule has 1 atom stereocenters. The summed E-state index contributed by atoms with van der Waals surface area (Å²) in [6, 6.07) is 7.41. The Hall–Kier alpha value is -2.88. The van der Waals surface area contributed by atoms with E-state index >= 15 is 0 Å². The molecule has 0 bridgehead atoms. The summed E-state index contributed by atoms with van der Waals surface area (Å²) < 4.78 is 0. The average Bonchev–Trinajstić information content (AvgIpc) is 2.47. The second-order valence-electron chi connectivity index (χ2n) is 6.08. The lowest BCUT2D eigenvalue weighted by Gasteiger charge is -2.15. The topological polar surface area (TPSA) is 80.9 Å². The van der Waals surface area contributed by atoms with Gasteiger partial charge >= 0.3 is 0 Å². The highest BCUT2D eigenvalue weighted by Gasteiger charge is 2.14. The summed E-state index contributed by atoms with van der Waals surface area (Å²) in [5, 5.41) is 38.9. The van der Waals surface area contributed by atoms with Gasteiger partial charge in [0.1, 0.15) is 11.5 Å². The summed E-state index contributed by atoms with van der Waals surface area (Å²) in [5.74, 6) is -0.389. The van der Waals surface area contributed by atoms with E-state index in [1.54, 1.807) is 24.3 Å². The molecule has 1 unspecified atom stereocenters. The minimum atomic E-state index is -0.200. The first-order valence-corrected chi connectivity index (χ1v) is 7.69. The number of aromatic hydroxyl groups is 4. The number of rotatable bonds is 4. The van der Waals surface area contributed by atoms with Gasteiger partial charge in [0.25, 0.3) is 0 Å². The highest BCUT2D eigenvalue weighted by atomic mass is 16.3. The number of phenols is 4. The van der Waals surface area contributed by atoms with E-state index < -0.39 is 0 Å². The van der Waals surface area contributed by atoms with Gasteiger partial charge in [0.05, 0.1) is 0 Å². The van der Waals surface area contributed by atoms with Gasteiger partial charge in [0.15, 0.2) is 11.5 Å². The largest absolute Gasteiger partial charge is 0.508 e. The van der Waals surface area contributed by atoms with Gasteiger partial charge in [0.2, 0.25) is 0 Å². The van der Waals surface area contributed by atoms with Crippen LogP contribution in [0.15, 0.2) is 42.0 Å². The fraction of sp³-hybridized carbons (Fsp3) is 0.200. The lowest BCUT2D eigenvalue weighted by atomic mass is 9.92. The number of hydrogen-bond donors (Lipinski definition) is 4. The molecule has 126 valence electrons. The van der Waals surface area contributed by atoms with Crippen LogP contribution in [-0.4, -0.2) is 20.4 Å². The third kappa shape index (κ3) is 4.10. The minimum Gasteiger partial charge on any atom is -0.508 e. The molecule has 0 aliphatic rings. The van der Waals surface area contributed by atoms with Crippen LogP contribution in [0.4, 0.5) is 0 Å². The van der Waals surface area contributed by atoms with Crippen molar-refractivity contribution in [3.05, 3.63) is 58.7 Å². The molecule has 24 heavy (non-hydrogen) atoms. The van der Waals surface area contributed by atoms with Crippen molar-refractivity contribution in [3.8, 4) is 23.0 Å². The van der Waals surface area contributed by atoms with Crippen LogP contribution < -0.4 is 0 Å². The molecule has 0 aromatic heterocycles. The molecule has 2 rings (SSSR count). The summed E-state index contributed by atoms with van der Waals surface area (Å²) in [6.45, 7) is 5.95. The van der Waals surface area contributed by atoms with Crippen molar-refractivity contribution >= 4 is 12.2 Å². The van der Waals surface area contributed by atoms with E-state index in [0.717, 1.165) is 5.57 Å². The monoisotopic (exact) mass is 326 g/mol. The van der Waals surface area contributed by atoms with E-state index in [0.29, 0.717) is 16.7 Å². The molecule has 0 aliphatic carbocycles. The zero-order chi connectivity index (χ0) is 17.9. The minimum absolute atomic E-state index is 0.0196. The molecule has 0 aliphatic heterocycles. The molecule has 0 spiro atoms. The van der Waals surface area contributed by atoms with E-state index in [1.807, 2.05) is 26.8 Å². The van der Waals surface area contributed by atoms with Crippen LogP contribution in [0.2, 0.25) is 0 Å². The predicted molar refractivity (Wildman–Crippen MR) is 96.3 cm³/mol. The van der Waals surface area contributed by atoms with Crippen LogP contribution in [0.5, 0.6) is 23.0 Å². The number of hydrogen-bond acceptors (Lipinski definition) is 4. The van der Waals surface area contributed by atoms with Crippen LogP contribution in [0.1, 0.15) is 43.4 Å². The standard InChI is InChI=1S/C20H22O4/c1-12(2)8-13(3)20-15(10-16(21)11-19(20)24)6-4-14-5-7-17(22)18(23)9-14/h4-11,13,21-24H,1-3H3/b6-4+. The van der Waals surface area contributed by atoms with E-state index in [4.69, 9.17) is 0 Å². The molecule has 4 nitrogen and oxygen atoms in total. The predicted octanol–water partition coefficient (Wildman–Crippen LogP) is 4.75. The first-order chi connectivity index (χ1) is 11.3. The SMILES string of the molecule is CC(C)=CC(C)c1c(O)cc(O)cc1/C=C/c1ccc(O)c(O)c1. The van der Waals surface area contributed by atoms with Crippen LogP contribution in [0, 0.1) is 0 Å². The Kier molecular flexibility index (Phi) is 5.19. The Bertz CT molecular complexity index is 800. The summed E-state index contributed by atoms with van der Waals surface area (Å²) in [4.78, 5) is 0. The van der Waals surface area contributed by atoms with Crippen LogP contribution in [-0.2, 0) is 0 Å². The second kappa shape index (κ2) is 7.13. The van der Waals surface area contributed by atoms with Gasteiger partial charge < -0.3 is 20.4 Å². The van der Waals surface area contributed by atoms with Gasteiger partial charge in [-0.05, 0) is 43.2 Å². The van der Waals surface area contributed by atoms with Crippen LogP contribution in [0.25, 0.3) is 12.2 Å². The van der Waals surface area contributed by atoms with Crippen molar-refractivity contribution in [1.29, 1.82) is 0 Å². The second-order valence-corrected chi connectivity index (χ2v) is 6.08. The molecule has 0 radical (unpaired) electrons. The molecule has 4 heteroatoms. The fourth-order valence-electron chi connectivity index (χ4n) is 2.69. The Morgan fingerprint density at radius 2 is 1.58 bits per heavy atom. The Morgan fingerprint density at radius 3 is 2.21 bits per heavy atom. The van der Waals surface area contributed by atoms with E-state index in [1.165, 1.54) is 18.2 Å². The third-order valence-electron chi connectivity index (χ3n) is 3.67. The first-order valence-electron chi connectivity index (χ1n) is 7.69. The molecule has 0 saturated heterocycles. The quantitative estimate of drug-likeness (QED) is 0.371. The van der Waals surface area contributed by atoms with Crippen molar-refractivity contribution in [2.75, 3.05) is 0 Å². The van der Waals surface area contributed by atoms with E-state index in [9.17, 15) is 20.4 Å². The fourth-order valence-corrected chi connectivity index (χ4v) is 2.69. The molecule has 0 amide bonds. The highest BCUT2D eigenvalue weighted by molar-refractivity contribution is 5.74. The maximum absolute atomic E-state index is 10.2. The zero-order valence-electron chi connectivity index (χ0n) is 14.0. The summed E-state index contributed by atoms with van der Waals surface area (Å²) in [7, 11) is 0. The van der Waals surface area contributed by atoms with Crippen molar-refractivity contribution in [1.82, 2.24) is 0 Å². The Balaban J connectivity index is 2.46. The lowest BCUT2D eigenvalue weighted by Crippen LogP contribution is -1.95. The number of phenolic OH excluding ortho intramolecular Hbond substituents is 4. The summed E-state index contributed by atoms with van der Waals surface area (Å²) >= 11 is 0. The summed E-state index contributed by atoms with van der Waals surface area (Å²) in [5.41, 5.74) is 3.22. The van der Waals surface area contributed by atoms with Gasteiger partial charge in [-0.25, -0.2) is 0 Å². The van der Waals surface area contributed by atoms with Gasteiger partial charge in [-0.1, -0.05) is 36.8 Å².